The van der Waals surface area contributed by atoms with Gasteiger partial charge in [-0.1, -0.05) is 12.1 Å². The van der Waals surface area contributed by atoms with Crippen molar-refractivity contribution >= 4 is 0 Å². The summed E-state index contributed by atoms with van der Waals surface area (Å²) >= 11 is 0. The van der Waals surface area contributed by atoms with Gasteiger partial charge in [0.05, 0.1) is 11.3 Å². The summed E-state index contributed by atoms with van der Waals surface area (Å²) in [5, 5.41) is 25.1. The molecule has 0 aliphatic heterocycles. The Morgan fingerprint density at radius 3 is 2.68 bits per heavy atom. The van der Waals surface area contributed by atoms with E-state index in [-0.39, 0.29) is 5.41 Å². The molecule has 156 valence electrons. The Morgan fingerprint density at radius 1 is 1.07 bits per heavy atom. The second-order valence-electron chi connectivity index (χ2n) is 11.2. The van der Waals surface area contributed by atoms with Gasteiger partial charge < -0.3 is 14.7 Å². The number of aliphatic hydroxyl groups excluding tert-OH is 1. The first-order chi connectivity index (χ1) is 13.4. The summed E-state index contributed by atoms with van der Waals surface area (Å²) in [4.78, 5) is 0. The fraction of sp³-hybridized carbons (Fsp3) is 0.875. The van der Waals surface area contributed by atoms with Crippen molar-refractivity contribution in [2.24, 2.45) is 34.5 Å². The van der Waals surface area contributed by atoms with Gasteiger partial charge in [0.25, 0.3) is 0 Å². The van der Waals surface area contributed by atoms with Crippen LogP contribution in [0.4, 0.5) is 0 Å². The molecule has 4 heteroatoms. The third-order valence-corrected chi connectivity index (χ3v) is 10.0. The number of nitrogens with zero attached hydrogens (tertiary/aromatic N) is 1. The number of fused-ring (bicyclic) bond motifs is 5. The minimum absolute atomic E-state index is 0.257. The van der Waals surface area contributed by atoms with Gasteiger partial charge in [0.2, 0.25) is 0 Å². The van der Waals surface area contributed by atoms with Gasteiger partial charge in [-0.15, -0.1) is 0 Å². The second kappa shape index (κ2) is 6.57. The maximum absolute atomic E-state index is 10.7. The van der Waals surface area contributed by atoms with Gasteiger partial charge in [0.15, 0.2) is 0 Å². The van der Waals surface area contributed by atoms with Crippen LogP contribution in [0.5, 0.6) is 0 Å². The van der Waals surface area contributed by atoms with Gasteiger partial charge >= 0.3 is 0 Å². The van der Waals surface area contributed by atoms with Crippen LogP contribution in [-0.2, 0) is 0 Å². The molecule has 0 spiro atoms. The minimum Gasteiger partial charge on any atom is -0.396 e. The van der Waals surface area contributed by atoms with Gasteiger partial charge in [0, 0.05) is 18.6 Å². The number of hydrogen-bond acceptors (Lipinski definition) is 4. The van der Waals surface area contributed by atoms with Crippen LogP contribution >= 0.6 is 0 Å². The minimum atomic E-state index is -0.509. The highest BCUT2D eigenvalue weighted by Gasteiger charge is 2.62. The predicted molar refractivity (Wildman–Crippen MR) is 108 cm³/mol. The van der Waals surface area contributed by atoms with Crippen LogP contribution in [0.15, 0.2) is 16.9 Å². The maximum atomic E-state index is 10.7. The molecule has 4 aliphatic carbocycles. The summed E-state index contributed by atoms with van der Waals surface area (Å²) in [6, 6.07) is 2.08. The van der Waals surface area contributed by atoms with Crippen LogP contribution in [0.2, 0.25) is 0 Å². The number of aromatic nitrogens is 1. The summed E-state index contributed by atoms with van der Waals surface area (Å²) in [6.07, 6.45) is 13.2. The van der Waals surface area contributed by atoms with Gasteiger partial charge in [-0.05, 0) is 106 Å². The molecule has 1 aromatic heterocycles. The van der Waals surface area contributed by atoms with Gasteiger partial charge in [-0.2, -0.15) is 0 Å². The summed E-state index contributed by atoms with van der Waals surface area (Å²) in [5.74, 6) is 3.40. The summed E-state index contributed by atoms with van der Waals surface area (Å²) in [5.41, 5.74) is 1.25. The Morgan fingerprint density at radius 2 is 1.93 bits per heavy atom. The van der Waals surface area contributed by atoms with Crippen LogP contribution in [0, 0.1) is 34.5 Å². The standard InChI is InChI=1S/C24H37NO3/c1-22(27)10-11-24(12-13-26)16(15-22)3-4-17-18-5-6-20(21-8-14-28-25-21)23(18,2)9-7-19(17)24/h8,14,16-20,26-27H,3-7,9-13,15H2,1-2H3/t16-,17+,18+,19+,20-,22-,23+,24-/m1/s1. The highest BCUT2D eigenvalue weighted by molar-refractivity contribution is 5.18. The predicted octanol–water partition coefficient (Wildman–Crippen LogP) is 4.91. The third kappa shape index (κ3) is 2.66. The smallest absolute Gasteiger partial charge is 0.124 e. The van der Waals surface area contributed by atoms with Crippen molar-refractivity contribution in [3.05, 3.63) is 18.0 Å². The van der Waals surface area contributed by atoms with E-state index < -0.39 is 5.60 Å². The van der Waals surface area contributed by atoms with Crippen molar-refractivity contribution < 1.29 is 14.7 Å². The van der Waals surface area contributed by atoms with E-state index in [4.69, 9.17) is 4.52 Å². The lowest BCUT2D eigenvalue weighted by Gasteiger charge is -2.63. The van der Waals surface area contributed by atoms with E-state index in [0.29, 0.717) is 23.9 Å². The molecule has 2 N–H and O–H groups in total. The molecule has 4 fully saturated rings. The normalized spacial score (nSPS) is 50.6. The van der Waals surface area contributed by atoms with E-state index in [2.05, 4.69) is 18.1 Å². The Hall–Kier alpha value is -0.870. The zero-order valence-corrected chi connectivity index (χ0v) is 17.6. The van der Waals surface area contributed by atoms with Gasteiger partial charge in [-0.25, -0.2) is 0 Å². The van der Waals surface area contributed by atoms with E-state index in [1.165, 1.54) is 38.5 Å². The average Bonchev–Trinajstić information content (AvgIpc) is 3.28. The Bertz CT molecular complexity index is 701. The van der Waals surface area contributed by atoms with Crippen molar-refractivity contribution in [2.45, 2.75) is 89.6 Å². The van der Waals surface area contributed by atoms with E-state index in [1.807, 2.05) is 6.92 Å². The molecule has 0 bridgehead atoms. The molecule has 28 heavy (non-hydrogen) atoms. The van der Waals surface area contributed by atoms with Crippen LogP contribution < -0.4 is 0 Å². The van der Waals surface area contributed by atoms with E-state index >= 15 is 0 Å². The van der Waals surface area contributed by atoms with Crippen molar-refractivity contribution in [1.82, 2.24) is 5.16 Å². The first-order valence-corrected chi connectivity index (χ1v) is 11.6. The van der Waals surface area contributed by atoms with Crippen LogP contribution in [0.3, 0.4) is 0 Å². The average molecular weight is 388 g/mol. The Balaban J connectivity index is 1.45. The monoisotopic (exact) mass is 387 g/mol. The van der Waals surface area contributed by atoms with Crippen molar-refractivity contribution in [3.8, 4) is 0 Å². The van der Waals surface area contributed by atoms with Crippen LogP contribution in [-0.4, -0.2) is 27.6 Å². The molecule has 0 saturated heterocycles. The summed E-state index contributed by atoms with van der Waals surface area (Å²) < 4.78 is 5.19. The highest BCUT2D eigenvalue weighted by atomic mass is 16.5. The van der Waals surface area contributed by atoms with Crippen molar-refractivity contribution in [2.75, 3.05) is 6.61 Å². The summed E-state index contributed by atoms with van der Waals surface area (Å²) in [7, 11) is 0. The molecular weight excluding hydrogens is 350 g/mol. The largest absolute Gasteiger partial charge is 0.396 e. The van der Waals surface area contributed by atoms with E-state index in [0.717, 1.165) is 49.1 Å². The molecule has 1 heterocycles. The summed E-state index contributed by atoms with van der Waals surface area (Å²) in [6.45, 7) is 4.85. The van der Waals surface area contributed by atoms with Gasteiger partial charge in [-0.3, -0.25) is 0 Å². The molecule has 5 rings (SSSR count). The molecule has 8 atom stereocenters. The fourth-order valence-electron chi connectivity index (χ4n) is 8.83. The van der Waals surface area contributed by atoms with Gasteiger partial charge in [0.1, 0.15) is 6.26 Å². The molecule has 4 saturated carbocycles. The van der Waals surface area contributed by atoms with E-state index in [1.54, 1.807) is 6.26 Å². The zero-order chi connectivity index (χ0) is 19.6. The number of rotatable bonds is 3. The second-order valence-corrected chi connectivity index (χ2v) is 11.2. The van der Waals surface area contributed by atoms with Crippen LogP contribution in [0.1, 0.15) is 89.7 Å². The lowest BCUT2D eigenvalue weighted by molar-refractivity contribution is -0.158. The molecule has 4 nitrogen and oxygen atoms in total. The maximum Gasteiger partial charge on any atom is 0.124 e. The molecular formula is C24H37NO3. The first-order valence-electron chi connectivity index (χ1n) is 11.6. The molecule has 4 aliphatic rings. The topological polar surface area (TPSA) is 66.5 Å². The molecule has 1 aromatic rings. The molecule has 0 radical (unpaired) electrons. The molecule has 0 unspecified atom stereocenters. The van der Waals surface area contributed by atoms with Crippen molar-refractivity contribution in [1.29, 1.82) is 0 Å². The SMILES string of the molecule is C[C@@]1(O)CC[C@@]2(CCO)[C@H](CC[C@H]3[C@@H]4CC[C@H](c5ccon5)[C@@]4(C)CC[C@@H]32)C1. The third-order valence-electron chi connectivity index (χ3n) is 10.0. The van der Waals surface area contributed by atoms with Crippen molar-refractivity contribution in [3.63, 3.8) is 0 Å². The lowest BCUT2D eigenvalue weighted by atomic mass is 9.42. The van der Waals surface area contributed by atoms with Crippen LogP contribution in [0.25, 0.3) is 0 Å². The molecule has 0 amide bonds. The number of aliphatic hydroxyl groups is 2. The fourth-order valence-corrected chi connectivity index (χ4v) is 8.83. The lowest BCUT2D eigenvalue weighted by Crippen LogP contribution is -2.56. The Labute approximate surface area is 169 Å². The molecule has 0 aromatic carbocycles. The Kier molecular flexibility index (Phi) is 4.48. The first kappa shape index (κ1) is 19.1. The quantitative estimate of drug-likeness (QED) is 0.773. The zero-order valence-electron chi connectivity index (χ0n) is 17.6. The highest BCUT2D eigenvalue weighted by Crippen LogP contribution is 2.70. The van der Waals surface area contributed by atoms with E-state index in [9.17, 15) is 10.2 Å². The number of hydrogen-bond donors (Lipinski definition) is 2.